The Morgan fingerprint density at radius 2 is 1.88 bits per heavy atom. The Bertz CT molecular complexity index is 815. The smallest absolute Gasteiger partial charge is 0.154 e. The van der Waals surface area contributed by atoms with Crippen LogP contribution in [-0.2, 0) is 4.74 Å². The van der Waals surface area contributed by atoms with Gasteiger partial charge < -0.3 is 9.47 Å². The predicted molar refractivity (Wildman–Crippen MR) is 101 cm³/mol. The van der Waals surface area contributed by atoms with E-state index in [9.17, 15) is 0 Å². The Morgan fingerprint density at radius 1 is 1.08 bits per heavy atom. The number of benzene rings is 1. The first kappa shape index (κ1) is 17.8. The Labute approximate surface area is 152 Å². The molecule has 5 nitrogen and oxygen atoms in total. The van der Waals surface area contributed by atoms with E-state index in [0.29, 0.717) is 19.1 Å². The minimum absolute atomic E-state index is 0.547. The molecule has 0 unspecified atom stereocenters. The highest BCUT2D eigenvalue weighted by Crippen LogP contribution is 2.23. The van der Waals surface area contributed by atoms with E-state index in [2.05, 4.69) is 23.9 Å². The van der Waals surface area contributed by atoms with Crippen molar-refractivity contribution in [1.82, 2.24) is 14.6 Å². The molecule has 0 atom stereocenters. The minimum Gasteiger partial charge on any atom is -0.491 e. The maximum atomic E-state index is 5.59. The fourth-order valence-corrected chi connectivity index (χ4v) is 3.11. The molecule has 0 N–H and O–H groups in total. The average Bonchev–Trinajstić information content (AvgIpc) is 3.04. The Kier molecular flexibility index (Phi) is 5.94. The molecule has 1 aromatic carbocycles. The molecule has 0 spiro atoms. The molecule has 0 aliphatic heterocycles. The highest BCUT2D eigenvalue weighted by Gasteiger charge is 2.07. The molecule has 0 bridgehead atoms. The van der Waals surface area contributed by atoms with Crippen molar-refractivity contribution in [1.29, 1.82) is 0 Å². The number of hydrogen-bond donors (Lipinski definition) is 0. The summed E-state index contributed by atoms with van der Waals surface area (Å²) in [5, 5.41) is 5.66. The van der Waals surface area contributed by atoms with Gasteiger partial charge in [0.05, 0.1) is 18.5 Å². The van der Waals surface area contributed by atoms with Gasteiger partial charge in [0.2, 0.25) is 0 Å². The van der Waals surface area contributed by atoms with Gasteiger partial charge in [-0.25, -0.2) is 9.50 Å². The lowest BCUT2D eigenvalue weighted by Gasteiger charge is -2.05. The van der Waals surface area contributed by atoms with Gasteiger partial charge in [-0.3, -0.25) is 0 Å². The van der Waals surface area contributed by atoms with Crippen molar-refractivity contribution in [3.8, 4) is 17.0 Å². The SMILES string of the molecule is COCCOc1ccc(-c2cn3nc(SCC(C)C)ccc3n2)cc1. The molecule has 6 heteroatoms. The van der Waals surface area contributed by atoms with Crippen LogP contribution in [0.4, 0.5) is 0 Å². The number of ether oxygens (including phenoxy) is 2. The van der Waals surface area contributed by atoms with Crippen LogP contribution in [0.15, 0.2) is 47.6 Å². The van der Waals surface area contributed by atoms with Gasteiger partial charge in [-0.2, -0.15) is 5.10 Å². The van der Waals surface area contributed by atoms with Gasteiger partial charge >= 0.3 is 0 Å². The van der Waals surface area contributed by atoms with E-state index < -0.39 is 0 Å². The Hall–Kier alpha value is -2.05. The topological polar surface area (TPSA) is 48.7 Å². The van der Waals surface area contributed by atoms with Gasteiger partial charge in [0.1, 0.15) is 17.4 Å². The summed E-state index contributed by atoms with van der Waals surface area (Å²) in [6, 6.07) is 12.0. The van der Waals surface area contributed by atoms with Gasteiger partial charge in [0.15, 0.2) is 5.65 Å². The molecule has 2 heterocycles. The first-order chi connectivity index (χ1) is 12.2. The molecule has 132 valence electrons. The lowest BCUT2D eigenvalue weighted by Crippen LogP contribution is -2.03. The number of fused-ring (bicyclic) bond motifs is 1. The van der Waals surface area contributed by atoms with E-state index in [0.717, 1.165) is 33.4 Å². The van der Waals surface area contributed by atoms with E-state index in [1.165, 1.54) is 0 Å². The highest BCUT2D eigenvalue weighted by atomic mass is 32.2. The second-order valence-corrected chi connectivity index (χ2v) is 7.21. The number of aromatic nitrogens is 3. The zero-order valence-corrected chi connectivity index (χ0v) is 15.6. The quantitative estimate of drug-likeness (QED) is 0.447. The maximum Gasteiger partial charge on any atom is 0.154 e. The lowest BCUT2D eigenvalue weighted by molar-refractivity contribution is 0.146. The third-order valence-electron chi connectivity index (χ3n) is 3.57. The van der Waals surface area contributed by atoms with Gasteiger partial charge in [0.25, 0.3) is 0 Å². The molecule has 0 fully saturated rings. The summed E-state index contributed by atoms with van der Waals surface area (Å²) in [4.78, 5) is 4.65. The van der Waals surface area contributed by atoms with Crippen LogP contribution < -0.4 is 4.74 Å². The van der Waals surface area contributed by atoms with Crippen molar-refractivity contribution < 1.29 is 9.47 Å². The lowest BCUT2D eigenvalue weighted by atomic mass is 10.2. The molecule has 3 aromatic rings. The summed E-state index contributed by atoms with van der Waals surface area (Å²) >= 11 is 1.77. The molecule has 0 radical (unpaired) electrons. The van der Waals surface area contributed by atoms with Crippen molar-refractivity contribution in [2.45, 2.75) is 18.9 Å². The van der Waals surface area contributed by atoms with E-state index in [-0.39, 0.29) is 0 Å². The molecule has 2 aromatic heterocycles. The van der Waals surface area contributed by atoms with E-state index in [1.54, 1.807) is 18.9 Å². The number of nitrogens with zero attached hydrogens (tertiary/aromatic N) is 3. The van der Waals surface area contributed by atoms with Crippen LogP contribution in [0.2, 0.25) is 0 Å². The highest BCUT2D eigenvalue weighted by molar-refractivity contribution is 7.99. The number of methoxy groups -OCH3 is 1. The van der Waals surface area contributed by atoms with Crippen molar-refractivity contribution in [3.05, 3.63) is 42.6 Å². The van der Waals surface area contributed by atoms with Crippen molar-refractivity contribution in [3.63, 3.8) is 0 Å². The average molecular weight is 357 g/mol. The van der Waals surface area contributed by atoms with Gasteiger partial charge in [-0.1, -0.05) is 13.8 Å². The monoisotopic (exact) mass is 357 g/mol. The fraction of sp³-hybridized carbons (Fsp3) is 0.368. The summed E-state index contributed by atoms with van der Waals surface area (Å²) in [6.07, 6.45) is 1.97. The Morgan fingerprint density at radius 3 is 2.60 bits per heavy atom. The van der Waals surface area contributed by atoms with Gasteiger partial charge in [-0.05, 0) is 42.3 Å². The van der Waals surface area contributed by atoms with E-state index in [4.69, 9.17) is 9.47 Å². The minimum atomic E-state index is 0.547. The summed E-state index contributed by atoms with van der Waals surface area (Å²) in [5.41, 5.74) is 2.80. The Balaban J connectivity index is 1.74. The molecule has 0 saturated carbocycles. The number of hydrogen-bond acceptors (Lipinski definition) is 5. The van der Waals surface area contributed by atoms with Crippen LogP contribution in [0.3, 0.4) is 0 Å². The molecule has 0 amide bonds. The molecule has 0 aliphatic rings. The normalized spacial score (nSPS) is 11.4. The third-order valence-corrected chi connectivity index (χ3v) is 4.91. The summed E-state index contributed by atoms with van der Waals surface area (Å²) in [5.74, 6) is 2.53. The number of imidazole rings is 1. The van der Waals surface area contributed by atoms with E-state index >= 15 is 0 Å². The zero-order valence-electron chi connectivity index (χ0n) is 14.8. The standard InChI is InChI=1S/C19H23N3O2S/c1-14(2)13-25-19-9-8-18-20-17(12-22(18)21-19)15-4-6-16(7-5-15)24-11-10-23-3/h4-9,12,14H,10-11,13H2,1-3H3. The molecule has 25 heavy (non-hydrogen) atoms. The van der Waals surface area contributed by atoms with Crippen LogP contribution >= 0.6 is 11.8 Å². The second kappa shape index (κ2) is 8.36. The van der Waals surface area contributed by atoms with Crippen LogP contribution in [0.25, 0.3) is 16.9 Å². The first-order valence-electron chi connectivity index (χ1n) is 8.37. The molecule has 0 aliphatic carbocycles. The maximum absolute atomic E-state index is 5.59. The first-order valence-corrected chi connectivity index (χ1v) is 9.35. The van der Waals surface area contributed by atoms with Gasteiger partial charge in [0, 0.05) is 18.4 Å². The van der Waals surface area contributed by atoms with Crippen molar-refractivity contribution in [2.75, 3.05) is 26.1 Å². The van der Waals surface area contributed by atoms with Crippen LogP contribution in [-0.4, -0.2) is 40.7 Å². The summed E-state index contributed by atoms with van der Waals surface area (Å²) < 4.78 is 12.4. The molecule has 0 saturated heterocycles. The molecule has 3 rings (SSSR count). The predicted octanol–water partition coefficient (Wildman–Crippen LogP) is 4.17. The fourth-order valence-electron chi connectivity index (χ4n) is 2.30. The summed E-state index contributed by atoms with van der Waals surface area (Å²) in [7, 11) is 1.66. The second-order valence-electron chi connectivity index (χ2n) is 6.17. The largest absolute Gasteiger partial charge is 0.491 e. The van der Waals surface area contributed by atoms with Gasteiger partial charge in [-0.15, -0.1) is 11.8 Å². The van der Waals surface area contributed by atoms with Crippen LogP contribution in [0.5, 0.6) is 5.75 Å². The molecular weight excluding hydrogens is 334 g/mol. The van der Waals surface area contributed by atoms with Crippen LogP contribution in [0, 0.1) is 5.92 Å². The zero-order chi connectivity index (χ0) is 17.6. The van der Waals surface area contributed by atoms with Crippen molar-refractivity contribution in [2.24, 2.45) is 5.92 Å². The summed E-state index contributed by atoms with van der Waals surface area (Å²) in [6.45, 7) is 5.55. The van der Waals surface area contributed by atoms with Crippen molar-refractivity contribution >= 4 is 17.4 Å². The van der Waals surface area contributed by atoms with Crippen LogP contribution in [0.1, 0.15) is 13.8 Å². The number of thioether (sulfide) groups is 1. The number of rotatable bonds is 8. The van der Waals surface area contributed by atoms with E-state index in [1.807, 2.05) is 47.1 Å². The third kappa shape index (κ3) is 4.74. The molecular formula is C19H23N3O2S.